The summed E-state index contributed by atoms with van der Waals surface area (Å²) in [4.78, 5) is 18.4. The first-order valence-electron chi connectivity index (χ1n) is 3.98. The Kier molecular flexibility index (Phi) is 2.42. The van der Waals surface area contributed by atoms with Gasteiger partial charge in [-0.2, -0.15) is 0 Å². The molecular formula is C9H5FN2O2S. The molecule has 0 spiro atoms. The number of carboxylic acid groups (broad SMARTS) is 1. The summed E-state index contributed by atoms with van der Waals surface area (Å²) in [6.45, 7) is 0. The maximum Gasteiger partial charge on any atom is 0.365 e. The zero-order valence-electron chi connectivity index (χ0n) is 7.35. The number of halogens is 1. The lowest BCUT2D eigenvalue weighted by atomic mass is 10.3. The van der Waals surface area contributed by atoms with E-state index in [0.29, 0.717) is 4.88 Å². The first-order chi connectivity index (χ1) is 7.18. The van der Waals surface area contributed by atoms with Crippen LogP contribution in [0.5, 0.6) is 0 Å². The van der Waals surface area contributed by atoms with Gasteiger partial charge in [-0.15, -0.1) is 11.3 Å². The average Bonchev–Trinajstić information content (AvgIpc) is 2.67. The molecule has 0 radical (unpaired) electrons. The summed E-state index contributed by atoms with van der Waals surface area (Å²) in [5, 5.41) is 8.57. The highest BCUT2D eigenvalue weighted by atomic mass is 32.1. The topological polar surface area (TPSA) is 63.1 Å². The number of hydrogen-bond acceptors (Lipinski definition) is 4. The van der Waals surface area contributed by atoms with Crippen molar-refractivity contribution in [3.8, 4) is 10.6 Å². The van der Waals surface area contributed by atoms with Crippen LogP contribution in [0.1, 0.15) is 9.80 Å². The third-order valence-corrected chi connectivity index (χ3v) is 2.67. The highest BCUT2D eigenvalue weighted by Crippen LogP contribution is 2.26. The van der Waals surface area contributed by atoms with Gasteiger partial charge in [0.1, 0.15) is 11.5 Å². The van der Waals surface area contributed by atoms with Crippen LogP contribution in [-0.2, 0) is 0 Å². The number of pyridine rings is 1. The van der Waals surface area contributed by atoms with E-state index in [4.69, 9.17) is 5.11 Å². The molecule has 0 aliphatic rings. The molecule has 0 aliphatic heterocycles. The monoisotopic (exact) mass is 224 g/mol. The average molecular weight is 224 g/mol. The van der Waals surface area contributed by atoms with Crippen molar-refractivity contribution < 1.29 is 14.3 Å². The van der Waals surface area contributed by atoms with Gasteiger partial charge in [-0.3, -0.25) is 4.98 Å². The van der Waals surface area contributed by atoms with Crippen molar-refractivity contribution in [3.63, 3.8) is 0 Å². The van der Waals surface area contributed by atoms with E-state index in [1.807, 2.05) is 0 Å². The molecule has 15 heavy (non-hydrogen) atoms. The van der Waals surface area contributed by atoms with Crippen LogP contribution in [0, 0.1) is 5.82 Å². The molecule has 0 aliphatic carbocycles. The Morgan fingerprint density at radius 1 is 1.47 bits per heavy atom. The lowest BCUT2D eigenvalue weighted by Gasteiger charge is -1.95. The number of aromatic nitrogens is 2. The van der Waals surface area contributed by atoms with Crippen LogP contribution in [0.4, 0.5) is 4.39 Å². The van der Waals surface area contributed by atoms with Crippen molar-refractivity contribution in [2.24, 2.45) is 0 Å². The lowest BCUT2D eigenvalue weighted by Crippen LogP contribution is -1.92. The zero-order chi connectivity index (χ0) is 10.8. The van der Waals surface area contributed by atoms with E-state index < -0.39 is 11.8 Å². The van der Waals surface area contributed by atoms with Crippen LogP contribution < -0.4 is 0 Å². The third kappa shape index (κ3) is 1.84. The van der Waals surface area contributed by atoms with Crippen LogP contribution >= 0.6 is 11.3 Å². The molecule has 0 bridgehead atoms. The fraction of sp³-hybridized carbons (Fsp3) is 0. The van der Waals surface area contributed by atoms with Gasteiger partial charge in [0, 0.05) is 12.4 Å². The Balaban J connectivity index is 2.46. The molecular weight excluding hydrogens is 219 g/mol. The SMILES string of the molecule is O=C(O)c1ncc(-c2ncccc2F)s1. The first kappa shape index (κ1) is 9.72. The molecule has 0 fully saturated rings. The predicted molar refractivity (Wildman–Crippen MR) is 52.3 cm³/mol. The zero-order valence-corrected chi connectivity index (χ0v) is 8.16. The van der Waals surface area contributed by atoms with Crippen molar-refractivity contribution in [3.05, 3.63) is 35.4 Å². The van der Waals surface area contributed by atoms with Gasteiger partial charge in [0.25, 0.3) is 0 Å². The number of rotatable bonds is 2. The summed E-state index contributed by atoms with van der Waals surface area (Å²) in [5.74, 6) is -1.61. The summed E-state index contributed by atoms with van der Waals surface area (Å²) in [5.41, 5.74) is 0.127. The molecule has 2 aromatic rings. The van der Waals surface area contributed by atoms with Crippen LogP contribution in [-0.4, -0.2) is 21.0 Å². The fourth-order valence-electron chi connectivity index (χ4n) is 1.05. The number of carbonyl (C=O) groups is 1. The van der Waals surface area contributed by atoms with E-state index in [2.05, 4.69) is 9.97 Å². The second kappa shape index (κ2) is 3.74. The summed E-state index contributed by atoms with van der Waals surface area (Å²) in [6, 6.07) is 2.74. The van der Waals surface area contributed by atoms with Gasteiger partial charge in [0.05, 0.1) is 4.88 Å². The summed E-state index contributed by atoms with van der Waals surface area (Å²) < 4.78 is 13.3. The van der Waals surface area contributed by atoms with Crippen LogP contribution in [0.15, 0.2) is 24.5 Å². The molecule has 0 aromatic carbocycles. The molecule has 0 saturated carbocycles. The molecule has 2 rings (SSSR count). The highest BCUT2D eigenvalue weighted by Gasteiger charge is 2.13. The number of carboxylic acids is 1. The summed E-state index contributed by atoms with van der Waals surface area (Å²) in [6.07, 6.45) is 2.75. The minimum Gasteiger partial charge on any atom is -0.476 e. The summed E-state index contributed by atoms with van der Waals surface area (Å²) >= 11 is 0.895. The van der Waals surface area contributed by atoms with Gasteiger partial charge in [-0.1, -0.05) is 0 Å². The summed E-state index contributed by atoms with van der Waals surface area (Å²) in [7, 11) is 0. The third-order valence-electron chi connectivity index (χ3n) is 1.68. The second-order valence-electron chi connectivity index (χ2n) is 2.67. The van der Waals surface area contributed by atoms with Crippen molar-refractivity contribution >= 4 is 17.3 Å². The highest BCUT2D eigenvalue weighted by molar-refractivity contribution is 7.16. The molecule has 4 nitrogen and oxygen atoms in total. The molecule has 0 saturated heterocycles. The van der Waals surface area contributed by atoms with E-state index in [-0.39, 0.29) is 10.7 Å². The minimum atomic E-state index is -1.12. The van der Waals surface area contributed by atoms with E-state index >= 15 is 0 Å². The second-order valence-corrected chi connectivity index (χ2v) is 3.70. The number of nitrogens with zero attached hydrogens (tertiary/aromatic N) is 2. The number of thiazole rings is 1. The molecule has 0 amide bonds. The van der Waals surface area contributed by atoms with Gasteiger partial charge < -0.3 is 5.11 Å². The Bertz CT molecular complexity index is 512. The smallest absolute Gasteiger partial charge is 0.365 e. The Labute approximate surface area is 88.1 Å². The largest absolute Gasteiger partial charge is 0.476 e. The lowest BCUT2D eigenvalue weighted by molar-refractivity contribution is 0.0696. The van der Waals surface area contributed by atoms with Crippen molar-refractivity contribution in [1.29, 1.82) is 0 Å². The molecule has 2 aromatic heterocycles. The Morgan fingerprint density at radius 3 is 2.87 bits per heavy atom. The van der Waals surface area contributed by atoms with Gasteiger partial charge in [-0.05, 0) is 12.1 Å². The van der Waals surface area contributed by atoms with Gasteiger partial charge in [0.2, 0.25) is 5.01 Å². The Morgan fingerprint density at radius 2 is 2.27 bits per heavy atom. The van der Waals surface area contributed by atoms with Crippen molar-refractivity contribution in [1.82, 2.24) is 9.97 Å². The van der Waals surface area contributed by atoms with Crippen LogP contribution in [0.3, 0.4) is 0 Å². The quantitative estimate of drug-likeness (QED) is 0.847. The fourth-order valence-corrected chi connectivity index (χ4v) is 1.80. The molecule has 0 unspecified atom stereocenters. The standard InChI is InChI=1S/C9H5FN2O2S/c10-5-2-1-3-11-7(5)6-4-12-8(15-6)9(13)14/h1-4H,(H,13,14). The molecule has 76 valence electrons. The van der Waals surface area contributed by atoms with E-state index in [9.17, 15) is 9.18 Å². The molecule has 6 heteroatoms. The van der Waals surface area contributed by atoms with E-state index in [0.717, 1.165) is 11.3 Å². The van der Waals surface area contributed by atoms with Gasteiger partial charge in [-0.25, -0.2) is 14.2 Å². The van der Waals surface area contributed by atoms with Crippen LogP contribution in [0.2, 0.25) is 0 Å². The maximum absolute atomic E-state index is 13.3. The number of hydrogen-bond donors (Lipinski definition) is 1. The van der Waals surface area contributed by atoms with Crippen molar-refractivity contribution in [2.45, 2.75) is 0 Å². The van der Waals surface area contributed by atoms with Gasteiger partial charge in [0.15, 0.2) is 0 Å². The number of aromatic carboxylic acids is 1. The normalized spacial score (nSPS) is 10.2. The van der Waals surface area contributed by atoms with E-state index in [1.54, 1.807) is 0 Å². The van der Waals surface area contributed by atoms with Gasteiger partial charge >= 0.3 is 5.97 Å². The van der Waals surface area contributed by atoms with E-state index in [1.165, 1.54) is 24.5 Å². The molecule has 1 N–H and O–H groups in total. The minimum absolute atomic E-state index is 0.0740. The predicted octanol–water partition coefficient (Wildman–Crippen LogP) is 2.04. The first-order valence-corrected chi connectivity index (χ1v) is 4.80. The molecule has 2 heterocycles. The molecule has 0 atom stereocenters. The van der Waals surface area contributed by atoms with Crippen LogP contribution in [0.25, 0.3) is 10.6 Å². The Hall–Kier alpha value is -1.82. The maximum atomic E-state index is 13.3. The van der Waals surface area contributed by atoms with Crippen molar-refractivity contribution in [2.75, 3.05) is 0 Å².